The molecule has 2 fully saturated rings. The third-order valence-corrected chi connectivity index (χ3v) is 4.48. The number of hydrogen-bond acceptors (Lipinski definition) is 3. The molecule has 1 aliphatic carbocycles. The summed E-state index contributed by atoms with van der Waals surface area (Å²) in [6, 6.07) is 0.0366. The first-order valence-electron chi connectivity index (χ1n) is 7.37. The molecule has 1 aliphatic heterocycles. The molecule has 1 heterocycles. The fourth-order valence-corrected chi connectivity index (χ4v) is 3.29. The topological polar surface area (TPSA) is 66.6 Å². The van der Waals surface area contributed by atoms with Crippen LogP contribution in [0.1, 0.15) is 44.9 Å². The van der Waals surface area contributed by atoms with Crippen LogP contribution in [0.15, 0.2) is 0 Å². The van der Waals surface area contributed by atoms with E-state index in [4.69, 9.17) is 5.73 Å². The van der Waals surface area contributed by atoms with Gasteiger partial charge in [-0.15, -0.1) is 0 Å². The van der Waals surface area contributed by atoms with Gasteiger partial charge >= 0.3 is 0 Å². The van der Waals surface area contributed by atoms with Crippen LogP contribution in [0.2, 0.25) is 0 Å². The molecular formula is C14H26N2O2. The van der Waals surface area contributed by atoms with Gasteiger partial charge in [0.05, 0.1) is 5.92 Å². The van der Waals surface area contributed by atoms with Gasteiger partial charge in [0.25, 0.3) is 0 Å². The second-order valence-corrected chi connectivity index (χ2v) is 5.88. The van der Waals surface area contributed by atoms with Crippen molar-refractivity contribution < 1.29 is 9.90 Å². The predicted molar refractivity (Wildman–Crippen MR) is 70.9 cm³/mol. The number of hydrogen-bond donors (Lipinski definition) is 2. The molecule has 1 saturated carbocycles. The molecule has 104 valence electrons. The van der Waals surface area contributed by atoms with E-state index in [1.165, 1.54) is 6.42 Å². The quantitative estimate of drug-likeness (QED) is 0.726. The van der Waals surface area contributed by atoms with E-state index < -0.39 is 0 Å². The second kappa shape index (κ2) is 6.53. The number of nitrogens with two attached hydrogens (primary N) is 1. The fourth-order valence-electron chi connectivity index (χ4n) is 3.29. The van der Waals surface area contributed by atoms with Crippen molar-refractivity contribution in [1.82, 2.24) is 4.90 Å². The van der Waals surface area contributed by atoms with E-state index in [-0.39, 0.29) is 30.4 Å². The van der Waals surface area contributed by atoms with Crippen molar-refractivity contribution in [1.29, 1.82) is 0 Å². The molecule has 0 aromatic carbocycles. The van der Waals surface area contributed by atoms with E-state index in [1.54, 1.807) is 0 Å². The maximum atomic E-state index is 12.5. The molecular weight excluding hydrogens is 228 g/mol. The summed E-state index contributed by atoms with van der Waals surface area (Å²) in [5, 5.41) is 9.24. The van der Waals surface area contributed by atoms with E-state index in [9.17, 15) is 9.90 Å². The summed E-state index contributed by atoms with van der Waals surface area (Å²) in [5.41, 5.74) is 6.16. The summed E-state index contributed by atoms with van der Waals surface area (Å²) in [6.45, 7) is 1.76. The highest BCUT2D eigenvalue weighted by Crippen LogP contribution is 2.26. The average Bonchev–Trinajstić information content (AvgIpc) is 2.62. The lowest BCUT2D eigenvalue weighted by atomic mass is 9.91. The predicted octanol–water partition coefficient (Wildman–Crippen LogP) is 1.12. The molecule has 2 aliphatic rings. The number of carbonyl (C=O) groups is 1. The molecule has 4 nitrogen and oxygen atoms in total. The molecule has 2 rings (SSSR count). The van der Waals surface area contributed by atoms with Crippen LogP contribution >= 0.6 is 0 Å². The average molecular weight is 254 g/mol. The van der Waals surface area contributed by atoms with Crippen molar-refractivity contribution in [2.75, 3.05) is 19.7 Å². The van der Waals surface area contributed by atoms with Crippen molar-refractivity contribution in [3.8, 4) is 0 Å². The van der Waals surface area contributed by atoms with Gasteiger partial charge in [-0.3, -0.25) is 4.79 Å². The molecule has 0 spiro atoms. The highest BCUT2D eigenvalue weighted by atomic mass is 16.3. The molecule has 0 radical (unpaired) electrons. The van der Waals surface area contributed by atoms with Gasteiger partial charge < -0.3 is 15.7 Å². The van der Waals surface area contributed by atoms with Gasteiger partial charge in [0.1, 0.15) is 0 Å². The van der Waals surface area contributed by atoms with Crippen molar-refractivity contribution in [2.24, 2.45) is 17.6 Å². The van der Waals surface area contributed by atoms with Gasteiger partial charge in [0, 0.05) is 25.7 Å². The summed E-state index contributed by atoms with van der Waals surface area (Å²) in [5.74, 6) is 0.525. The smallest absolute Gasteiger partial charge is 0.227 e. The minimum absolute atomic E-state index is 0.0185. The maximum absolute atomic E-state index is 12.5. The first-order valence-corrected chi connectivity index (χ1v) is 7.37. The van der Waals surface area contributed by atoms with Gasteiger partial charge in [-0.1, -0.05) is 19.3 Å². The Hall–Kier alpha value is -0.610. The minimum atomic E-state index is 0.0185. The molecule has 3 atom stereocenters. The lowest BCUT2D eigenvalue weighted by molar-refractivity contribution is -0.138. The van der Waals surface area contributed by atoms with E-state index in [1.807, 2.05) is 4.90 Å². The lowest BCUT2D eigenvalue weighted by Crippen LogP contribution is -2.48. The normalized spacial score (nSPS) is 34.1. The van der Waals surface area contributed by atoms with E-state index >= 15 is 0 Å². The zero-order valence-corrected chi connectivity index (χ0v) is 11.2. The highest BCUT2D eigenvalue weighted by Gasteiger charge is 2.32. The van der Waals surface area contributed by atoms with Crippen molar-refractivity contribution >= 4 is 5.91 Å². The lowest BCUT2D eigenvalue weighted by Gasteiger charge is -2.35. The molecule has 3 unspecified atom stereocenters. The maximum Gasteiger partial charge on any atom is 0.227 e. The van der Waals surface area contributed by atoms with Crippen LogP contribution in [0.25, 0.3) is 0 Å². The van der Waals surface area contributed by atoms with Crippen LogP contribution in [0, 0.1) is 11.8 Å². The molecule has 1 amide bonds. The van der Waals surface area contributed by atoms with Crippen LogP contribution in [0.3, 0.4) is 0 Å². The summed E-state index contributed by atoms with van der Waals surface area (Å²) in [7, 11) is 0. The van der Waals surface area contributed by atoms with Gasteiger partial charge in [0.15, 0.2) is 0 Å². The van der Waals surface area contributed by atoms with Crippen LogP contribution in [-0.2, 0) is 4.79 Å². The Morgan fingerprint density at radius 1 is 1.17 bits per heavy atom. The third-order valence-electron chi connectivity index (χ3n) is 4.48. The molecule has 4 heteroatoms. The van der Waals surface area contributed by atoms with Crippen LogP contribution in [0.4, 0.5) is 0 Å². The van der Waals surface area contributed by atoms with Crippen molar-refractivity contribution in [3.63, 3.8) is 0 Å². The van der Waals surface area contributed by atoms with Crippen molar-refractivity contribution in [3.05, 3.63) is 0 Å². The molecule has 18 heavy (non-hydrogen) atoms. The molecule has 0 bridgehead atoms. The summed E-state index contributed by atoms with van der Waals surface area (Å²) in [6.07, 6.45) is 7.46. The number of amides is 1. The van der Waals surface area contributed by atoms with Gasteiger partial charge in [-0.05, 0) is 31.6 Å². The Bertz CT molecular complexity index is 283. The molecule has 3 N–H and O–H groups in total. The monoisotopic (exact) mass is 254 g/mol. The first-order chi connectivity index (χ1) is 8.72. The molecule has 0 aromatic heterocycles. The number of rotatable bonds is 2. The largest absolute Gasteiger partial charge is 0.396 e. The Balaban J connectivity index is 1.96. The fraction of sp³-hybridized carbons (Fsp3) is 0.929. The van der Waals surface area contributed by atoms with Crippen molar-refractivity contribution in [2.45, 2.75) is 51.0 Å². The number of piperidine rings is 1. The second-order valence-electron chi connectivity index (χ2n) is 5.88. The summed E-state index contributed by atoms with van der Waals surface area (Å²) >= 11 is 0. The zero-order valence-electron chi connectivity index (χ0n) is 11.2. The SMILES string of the molecule is NC1CCCCCC1C(=O)N1CCCC(CO)C1. The van der Waals surface area contributed by atoms with Gasteiger partial charge in [0.2, 0.25) is 5.91 Å². The summed E-state index contributed by atoms with van der Waals surface area (Å²) < 4.78 is 0. The number of carbonyl (C=O) groups excluding carboxylic acids is 1. The Morgan fingerprint density at radius 2 is 1.94 bits per heavy atom. The molecule has 1 saturated heterocycles. The standard InChI is InChI=1S/C14H26N2O2/c15-13-7-3-1-2-6-12(13)14(18)16-8-4-5-11(9-16)10-17/h11-13,17H,1-10,15H2. The van der Waals surface area contributed by atoms with E-state index in [0.29, 0.717) is 0 Å². The molecule has 0 aromatic rings. The van der Waals surface area contributed by atoms with Crippen LogP contribution in [-0.4, -0.2) is 41.7 Å². The number of nitrogens with zero attached hydrogens (tertiary/aromatic N) is 1. The Kier molecular flexibility index (Phi) is 5.01. The third kappa shape index (κ3) is 3.23. The van der Waals surface area contributed by atoms with Gasteiger partial charge in [-0.2, -0.15) is 0 Å². The first kappa shape index (κ1) is 13.8. The number of aliphatic hydroxyl groups is 1. The van der Waals surface area contributed by atoms with Gasteiger partial charge in [-0.25, -0.2) is 0 Å². The van der Waals surface area contributed by atoms with E-state index in [0.717, 1.165) is 51.6 Å². The van der Waals surface area contributed by atoms with Crippen LogP contribution in [0.5, 0.6) is 0 Å². The minimum Gasteiger partial charge on any atom is -0.396 e. The van der Waals surface area contributed by atoms with E-state index in [2.05, 4.69) is 0 Å². The zero-order chi connectivity index (χ0) is 13.0. The summed E-state index contributed by atoms with van der Waals surface area (Å²) in [4.78, 5) is 14.5. The Labute approximate surface area is 110 Å². The number of likely N-dealkylation sites (tertiary alicyclic amines) is 1. The Morgan fingerprint density at radius 3 is 2.72 bits per heavy atom. The number of aliphatic hydroxyl groups excluding tert-OH is 1. The highest BCUT2D eigenvalue weighted by molar-refractivity contribution is 5.79. The van der Waals surface area contributed by atoms with Crippen LogP contribution < -0.4 is 5.73 Å².